The normalized spacial score (nSPS) is 30.0. The molecule has 2 aromatic carbocycles. The summed E-state index contributed by atoms with van der Waals surface area (Å²) in [7, 11) is -3.71. The van der Waals surface area contributed by atoms with Crippen molar-refractivity contribution in [2.75, 3.05) is 6.54 Å². The van der Waals surface area contributed by atoms with E-state index < -0.39 is 21.7 Å². The van der Waals surface area contributed by atoms with Gasteiger partial charge >= 0.3 is 0 Å². The monoisotopic (exact) mass is 440 g/mol. The zero-order valence-electron chi connectivity index (χ0n) is 17.7. The maximum absolute atomic E-state index is 13.3. The molecule has 1 heterocycles. The van der Waals surface area contributed by atoms with E-state index in [-0.39, 0.29) is 28.7 Å². The molecule has 1 amide bonds. The largest absolute Gasteiger partial charge is 0.391 e. The molecular formula is C24H28N2O4S. The second kappa shape index (κ2) is 7.15. The van der Waals surface area contributed by atoms with E-state index in [1.807, 2.05) is 44.2 Å². The van der Waals surface area contributed by atoms with Crippen LogP contribution in [0.3, 0.4) is 0 Å². The molecule has 0 radical (unpaired) electrons. The van der Waals surface area contributed by atoms with E-state index in [0.717, 1.165) is 18.4 Å². The van der Waals surface area contributed by atoms with E-state index >= 15 is 0 Å². The van der Waals surface area contributed by atoms with Crippen molar-refractivity contribution in [3.8, 4) is 0 Å². The first-order valence-electron chi connectivity index (χ1n) is 10.9. The number of amides is 1. The third-order valence-corrected chi connectivity index (χ3v) is 9.33. The quantitative estimate of drug-likeness (QED) is 0.749. The molecule has 1 aliphatic heterocycles. The summed E-state index contributed by atoms with van der Waals surface area (Å²) in [4.78, 5) is 13.0. The lowest BCUT2D eigenvalue weighted by molar-refractivity contribution is 0.0731. The SMILES string of the molecule is CC(C)(NC(=O)c1ccc(S(=O)(=O)N2CC3CC4CC3C2C4O)cc1)c1ccccc1. The molecule has 6 nitrogen and oxygen atoms in total. The summed E-state index contributed by atoms with van der Waals surface area (Å²) < 4.78 is 28.1. The number of aliphatic hydroxyl groups is 1. The molecule has 2 bridgehead atoms. The fraction of sp³-hybridized carbons (Fsp3) is 0.458. The number of carbonyl (C=O) groups excluding carboxylic acids is 1. The molecule has 5 unspecified atom stereocenters. The number of benzene rings is 2. The number of fused-ring (bicyclic) bond motifs is 1. The first-order chi connectivity index (χ1) is 14.7. The fourth-order valence-corrected chi connectivity index (χ4v) is 7.57. The summed E-state index contributed by atoms with van der Waals surface area (Å²) in [5, 5.41) is 13.6. The second-order valence-electron chi connectivity index (χ2n) is 9.68. The van der Waals surface area contributed by atoms with Gasteiger partial charge in [0.05, 0.1) is 22.6 Å². The third kappa shape index (κ3) is 3.30. The summed E-state index contributed by atoms with van der Waals surface area (Å²) in [6, 6.07) is 15.5. The van der Waals surface area contributed by atoms with Gasteiger partial charge in [0.1, 0.15) is 0 Å². The molecule has 5 atom stereocenters. The Hall–Kier alpha value is -2.22. The Labute approximate surface area is 183 Å². The molecule has 2 aromatic rings. The van der Waals surface area contributed by atoms with Crippen LogP contribution in [0.5, 0.6) is 0 Å². The predicted octanol–water partition coefficient (Wildman–Crippen LogP) is 2.74. The lowest BCUT2D eigenvalue weighted by Crippen LogP contribution is -2.43. The second-order valence-corrected chi connectivity index (χ2v) is 11.6. The van der Waals surface area contributed by atoms with Crippen molar-refractivity contribution in [3.05, 3.63) is 65.7 Å². The molecule has 164 valence electrons. The Bertz CT molecular complexity index is 1100. The van der Waals surface area contributed by atoms with Gasteiger partial charge in [0.2, 0.25) is 10.0 Å². The van der Waals surface area contributed by atoms with Gasteiger partial charge < -0.3 is 10.4 Å². The van der Waals surface area contributed by atoms with E-state index in [9.17, 15) is 18.3 Å². The van der Waals surface area contributed by atoms with Crippen molar-refractivity contribution in [1.82, 2.24) is 9.62 Å². The van der Waals surface area contributed by atoms with Crippen LogP contribution in [-0.4, -0.2) is 42.4 Å². The summed E-state index contributed by atoms with van der Waals surface area (Å²) >= 11 is 0. The summed E-state index contributed by atoms with van der Waals surface area (Å²) in [5.74, 6) is 0.615. The fourth-order valence-electron chi connectivity index (χ4n) is 5.83. The number of aliphatic hydroxyl groups excluding tert-OH is 1. The van der Waals surface area contributed by atoms with E-state index in [0.29, 0.717) is 18.0 Å². The standard InChI is InChI=1S/C24H28N2O4S/c1-24(2,18-6-4-3-5-7-18)25-23(28)15-8-10-19(11-9-15)31(29,30)26-14-17-12-16-13-20(17)21(26)22(16)27/h3-11,16-17,20-22,27H,12-14H2,1-2H3,(H,25,28). The summed E-state index contributed by atoms with van der Waals surface area (Å²) in [6.07, 6.45) is 1.28. The van der Waals surface area contributed by atoms with Gasteiger partial charge in [0, 0.05) is 12.1 Å². The highest BCUT2D eigenvalue weighted by Crippen LogP contribution is 2.56. The smallest absolute Gasteiger partial charge is 0.251 e. The number of hydrogen-bond donors (Lipinski definition) is 2. The Balaban J connectivity index is 1.34. The lowest BCUT2D eigenvalue weighted by Gasteiger charge is -2.28. The van der Waals surface area contributed by atoms with Crippen LogP contribution in [-0.2, 0) is 15.6 Å². The molecule has 31 heavy (non-hydrogen) atoms. The first kappa shape index (κ1) is 20.7. The van der Waals surface area contributed by atoms with Gasteiger partial charge in [-0.2, -0.15) is 4.31 Å². The first-order valence-corrected chi connectivity index (χ1v) is 12.3. The van der Waals surface area contributed by atoms with Gasteiger partial charge in [-0.05, 0) is 74.3 Å². The van der Waals surface area contributed by atoms with Gasteiger partial charge in [0.25, 0.3) is 5.91 Å². The third-order valence-electron chi connectivity index (χ3n) is 7.45. The molecule has 2 N–H and O–H groups in total. The van der Waals surface area contributed by atoms with Crippen LogP contribution in [0.2, 0.25) is 0 Å². The Morgan fingerprint density at radius 2 is 1.71 bits per heavy atom. The number of sulfonamides is 1. The van der Waals surface area contributed by atoms with Crippen LogP contribution in [0.1, 0.15) is 42.6 Å². The molecule has 2 saturated carbocycles. The van der Waals surface area contributed by atoms with E-state index in [1.54, 1.807) is 12.1 Å². The molecule has 0 spiro atoms. The molecular weight excluding hydrogens is 412 g/mol. The number of nitrogens with zero attached hydrogens (tertiary/aromatic N) is 1. The Morgan fingerprint density at radius 1 is 1.03 bits per heavy atom. The van der Waals surface area contributed by atoms with Crippen molar-refractivity contribution in [2.24, 2.45) is 17.8 Å². The predicted molar refractivity (Wildman–Crippen MR) is 117 cm³/mol. The molecule has 2 aliphatic carbocycles. The molecule has 3 fully saturated rings. The zero-order valence-corrected chi connectivity index (χ0v) is 18.5. The topological polar surface area (TPSA) is 86.7 Å². The van der Waals surface area contributed by atoms with Gasteiger partial charge in [-0.1, -0.05) is 30.3 Å². The minimum atomic E-state index is -3.71. The summed E-state index contributed by atoms with van der Waals surface area (Å²) in [5.41, 5.74) is 0.831. The van der Waals surface area contributed by atoms with Crippen molar-refractivity contribution >= 4 is 15.9 Å². The van der Waals surface area contributed by atoms with E-state index in [4.69, 9.17) is 0 Å². The van der Waals surface area contributed by atoms with Gasteiger partial charge in [-0.3, -0.25) is 4.79 Å². The van der Waals surface area contributed by atoms with Crippen molar-refractivity contribution in [3.63, 3.8) is 0 Å². The maximum atomic E-state index is 13.3. The average molecular weight is 441 g/mol. The number of carbonyl (C=O) groups is 1. The maximum Gasteiger partial charge on any atom is 0.251 e. The van der Waals surface area contributed by atoms with Crippen molar-refractivity contribution in [2.45, 2.75) is 49.3 Å². The lowest BCUT2D eigenvalue weighted by atomic mass is 9.88. The highest BCUT2D eigenvalue weighted by atomic mass is 32.2. The average Bonchev–Trinajstić information content (AvgIpc) is 3.38. The highest BCUT2D eigenvalue weighted by molar-refractivity contribution is 7.89. The Kier molecular flexibility index (Phi) is 4.77. The summed E-state index contributed by atoms with van der Waals surface area (Å²) in [6.45, 7) is 4.35. The zero-order chi connectivity index (χ0) is 22.0. The van der Waals surface area contributed by atoms with E-state index in [2.05, 4.69) is 5.32 Å². The van der Waals surface area contributed by atoms with Gasteiger partial charge in [-0.15, -0.1) is 0 Å². The van der Waals surface area contributed by atoms with Crippen LogP contribution >= 0.6 is 0 Å². The van der Waals surface area contributed by atoms with Crippen LogP contribution in [0.25, 0.3) is 0 Å². The Morgan fingerprint density at radius 3 is 2.35 bits per heavy atom. The van der Waals surface area contributed by atoms with Crippen LogP contribution in [0.15, 0.2) is 59.5 Å². The van der Waals surface area contributed by atoms with Crippen LogP contribution in [0, 0.1) is 17.8 Å². The van der Waals surface area contributed by atoms with Crippen molar-refractivity contribution < 1.29 is 18.3 Å². The molecule has 3 aliphatic rings. The number of nitrogens with one attached hydrogen (secondary N) is 1. The molecule has 1 saturated heterocycles. The van der Waals surface area contributed by atoms with E-state index in [1.165, 1.54) is 16.4 Å². The molecule has 0 aromatic heterocycles. The highest BCUT2D eigenvalue weighted by Gasteiger charge is 2.61. The van der Waals surface area contributed by atoms with Gasteiger partial charge in [-0.25, -0.2) is 8.42 Å². The molecule has 7 heteroatoms. The minimum Gasteiger partial charge on any atom is -0.391 e. The minimum absolute atomic E-state index is 0.170. The van der Waals surface area contributed by atoms with Crippen molar-refractivity contribution in [1.29, 1.82) is 0 Å². The number of hydrogen-bond acceptors (Lipinski definition) is 4. The molecule has 5 rings (SSSR count). The number of rotatable bonds is 5. The van der Waals surface area contributed by atoms with Gasteiger partial charge in [0.15, 0.2) is 0 Å². The van der Waals surface area contributed by atoms with Crippen LogP contribution in [0.4, 0.5) is 0 Å². The van der Waals surface area contributed by atoms with Crippen LogP contribution < -0.4 is 5.32 Å².